The van der Waals surface area contributed by atoms with Crippen molar-refractivity contribution in [2.24, 2.45) is 7.05 Å². The van der Waals surface area contributed by atoms with E-state index >= 15 is 0 Å². The Morgan fingerprint density at radius 3 is 1.48 bits per heavy atom. The molecule has 2 nitrogen and oxygen atoms in total. The zero-order valence-corrected chi connectivity index (χ0v) is 16.8. The van der Waals surface area contributed by atoms with Gasteiger partial charge in [0, 0.05) is 18.8 Å². The number of aromatic nitrogens is 2. The minimum atomic E-state index is -1.93. The van der Waals surface area contributed by atoms with E-state index in [-0.39, 0.29) is 0 Å². The highest BCUT2D eigenvalue weighted by Crippen LogP contribution is 2.58. The largest absolute Gasteiger partial charge is 0.274 e. The number of nitrogens with zero attached hydrogens (tertiary/aromatic N) is 2. The molecule has 134 valence electrons. The quantitative estimate of drug-likeness (QED) is 0.456. The second-order valence-corrected chi connectivity index (χ2v) is 10.4. The van der Waals surface area contributed by atoms with Gasteiger partial charge in [-0.3, -0.25) is 4.68 Å². The highest BCUT2D eigenvalue weighted by Gasteiger charge is 2.46. The summed E-state index contributed by atoms with van der Waals surface area (Å²) in [6.45, 7) is 0. The summed E-state index contributed by atoms with van der Waals surface area (Å²) in [5.74, 6) is 0. The van der Waals surface area contributed by atoms with Gasteiger partial charge in [-0.05, 0) is 36.4 Å². The van der Waals surface area contributed by atoms with E-state index in [1.807, 2.05) is 13.2 Å². The molecule has 0 atom stereocenters. The lowest BCUT2D eigenvalue weighted by Gasteiger charge is -2.27. The van der Waals surface area contributed by atoms with Gasteiger partial charge in [-0.15, -0.1) is 0 Å². The van der Waals surface area contributed by atoms with E-state index in [9.17, 15) is 0 Å². The second kappa shape index (κ2) is 7.68. The Morgan fingerprint density at radius 2 is 1.15 bits per heavy atom. The average Bonchev–Trinajstić information content (AvgIpc) is 3.04. The Balaban J connectivity index is 2.01. The molecule has 1 heterocycles. The fourth-order valence-electron chi connectivity index (χ4n) is 3.64. The van der Waals surface area contributed by atoms with Crippen molar-refractivity contribution in [1.29, 1.82) is 0 Å². The molecule has 1 aromatic heterocycles. The van der Waals surface area contributed by atoms with Gasteiger partial charge in [0.05, 0.1) is 0 Å². The van der Waals surface area contributed by atoms with E-state index in [2.05, 4.69) is 96.1 Å². The van der Waals surface area contributed by atoms with E-state index in [1.165, 1.54) is 15.9 Å². The minimum absolute atomic E-state index is 0.588. The maximum atomic E-state index is 6.50. The Labute approximate surface area is 165 Å². The van der Waals surface area contributed by atoms with Crippen LogP contribution in [-0.4, -0.2) is 9.78 Å². The van der Waals surface area contributed by atoms with Crippen LogP contribution in [0.2, 0.25) is 5.15 Å². The molecule has 0 aliphatic rings. The first-order valence-corrected chi connectivity index (χ1v) is 11.3. The van der Waals surface area contributed by atoms with Crippen LogP contribution >= 0.6 is 18.9 Å². The fraction of sp³-hybridized carbons (Fsp3) is 0.0870. The molecule has 0 aliphatic heterocycles. The predicted molar refractivity (Wildman–Crippen MR) is 117 cm³/mol. The summed E-state index contributed by atoms with van der Waals surface area (Å²) in [4.78, 5) is 0. The second-order valence-electron chi connectivity index (χ2n) is 6.59. The van der Waals surface area contributed by atoms with Crippen LogP contribution in [0.3, 0.4) is 0 Å². The third-order valence-electron chi connectivity index (χ3n) is 4.85. The van der Waals surface area contributed by atoms with Crippen molar-refractivity contribution >= 4 is 34.8 Å². The Hall–Kier alpha value is -2.41. The van der Waals surface area contributed by atoms with E-state index in [4.69, 9.17) is 11.6 Å². The van der Waals surface area contributed by atoms with Crippen LogP contribution in [0.4, 0.5) is 0 Å². The van der Waals surface area contributed by atoms with Gasteiger partial charge in [0.2, 0.25) is 0 Å². The normalized spacial score (nSPS) is 11.5. The third kappa shape index (κ3) is 3.43. The van der Waals surface area contributed by atoms with Crippen LogP contribution in [0.5, 0.6) is 0 Å². The molecule has 0 unspecified atom stereocenters. The molecule has 0 N–H and O–H groups in total. The summed E-state index contributed by atoms with van der Waals surface area (Å²) in [5.41, 5.74) is 1.09. The van der Waals surface area contributed by atoms with E-state index in [1.54, 1.807) is 4.68 Å². The predicted octanol–water partition coefficient (Wildman–Crippen LogP) is 4.57. The number of halogens is 1. The van der Waals surface area contributed by atoms with E-state index in [0.717, 1.165) is 11.7 Å². The lowest BCUT2D eigenvalue weighted by Crippen LogP contribution is -2.32. The van der Waals surface area contributed by atoms with Crippen LogP contribution in [-0.2, 0) is 13.2 Å². The summed E-state index contributed by atoms with van der Waals surface area (Å²) >= 11 is 6.50. The monoisotopic (exact) mass is 391 g/mol. The number of aryl methyl sites for hydroxylation is 1. The molecular weight excluding hydrogens is 371 g/mol. The van der Waals surface area contributed by atoms with Crippen LogP contribution in [0.1, 0.15) is 5.56 Å². The van der Waals surface area contributed by atoms with Crippen LogP contribution in [0.15, 0.2) is 97.2 Å². The highest BCUT2D eigenvalue weighted by molar-refractivity contribution is 7.95. The maximum absolute atomic E-state index is 6.50. The molecule has 0 fully saturated rings. The number of hydrogen-bond donors (Lipinski definition) is 0. The smallest absolute Gasteiger partial charge is 0.157 e. The van der Waals surface area contributed by atoms with Gasteiger partial charge in [0.1, 0.15) is 29.3 Å². The molecule has 27 heavy (non-hydrogen) atoms. The molecule has 0 bridgehead atoms. The van der Waals surface area contributed by atoms with Crippen molar-refractivity contribution in [2.75, 3.05) is 0 Å². The van der Waals surface area contributed by atoms with Gasteiger partial charge in [0.25, 0.3) is 0 Å². The number of benzene rings is 3. The SMILES string of the molecule is Cn1cc(C[P+](c2ccccc2)(c2ccccc2)c2ccccc2)c(Cl)n1. The summed E-state index contributed by atoms with van der Waals surface area (Å²) < 4.78 is 1.80. The Morgan fingerprint density at radius 1 is 0.741 bits per heavy atom. The van der Waals surface area contributed by atoms with Crippen molar-refractivity contribution in [3.8, 4) is 0 Å². The lowest BCUT2D eigenvalue weighted by atomic mass is 10.3. The van der Waals surface area contributed by atoms with Gasteiger partial charge in [0.15, 0.2) is 5.15 Å². The minimum Gasteiger partial charge on any atom is -0.274 e. The third-order valence-corrected chi connectivity index (χ3v) is 9.52. The molecular formula is C23H21ClN2P+. The lowest BCUT2D eigenvalue weighted by molar-refractivity contribution is 0.767. The number of hydrogen-bond acceptors (Lipinski definition) is 1. The van der Waals surface area contributed by atoms with Crippen LogP contribution < -0.4 is 15.9 Å². The van der Waals surface area contributed by atoms with Gasteiger partial charge < -0.3 is 0 Å². The highest BCUT2D eigenvalue weighted by atomic mass is 35.5. The van der Waals surface area contributed by atoms with Crippen molar-refractivity contribution < 1.29 is 0 Å². The Kier molecular flexibility index (Phi) is 5.11. The molecule has 0 saturated carbocycles. The summed E-state index contributed by atoms with van der Waals surface area (Å²) in [7, 11) is -0.00684. The standard InChI is InChI=1S/C23H21ClN2P/c1-26-17-19(23(24)25-26)18-27(20-11-5-2-6-12-20,21-13-7-3-8-14-21)22-15-9-4-10-16-22/h2-17H,18H2,1H3/q+1. The van der Waals surface area contributed by atoms with Crippen molar-refractivity contribution in [2.45, 2.75) is 6.16 Å². The molecule has 0 amide bonds. The molecule has 4 rings (SSSR count). The molecule has 3 aromatic carbocycles. The van der Waals surface area contributed by atoms with Gasteiger partial charge in [-0.2, -0.15) is 5.10 Å². The van der Waals surface area contributed by atoms with Crippen molar-refractivity contribution in [3.63, 3.8) is 0 Å². The molecule has 0 aliphatic carbocycles. The summed E-state index contributed by atoms with van der Waals surface area (Å²) in [6, 6.07) is 32.5. The first-order valence-electron chi connectivity index (χ1n) is 8.93. The zero-order valence-electron chi connectivity index (χ0n) is 15.2. The van der Waals surface area contributed by atoms with Gasteiger partial charge >= 0.3 is 0 Å². The fourth-order valence-corrected chi connectivity index (χ4v) is 8.20. The average molecular weight is 392 g/mol. The molecule has 0 saturated heterocycles. The first-order chi connectivity index (χ1) is 13.2. The molecule has 0 radical (unpaired) electrons. The topological polar surface area (TPSA) is 17.8 Å². The van der Waals surface area contributed by atoms with Crippen molar-refractivity contribution in [1.82, 2.24) is 9.78 Å². The summed E-state index contributed by atoms with van der Waals surface area (Å²) in [6.07, 6.45) is 2.89. The van der Waals surface area contributed by atoms with Crippen LogP contribution in [0.25, 0.3) is 0 Å². The van der Waals surface area contributed by atoms with Crippen LogP contribution in [0, 0.1) is 0 Å². The van der Waals surface area contributed by atoms with Gasteiger partial charge in [-0.1, -0.05) is 66.2 Å². The summed E-state index contributed by atoms with van der Waals surface area (Å²) in [5, 5.41) is 9.01. The van der Waals surface area contributed by atoms with E-state index in [0.29, 0.717) is 5.15 Å². The van der Waals surface area contributed by atoms with E-state index < -0.39 is 7.26 Å². The number of rotatable bonds is 5. The van der Waals surface area contributed by atoms with Gasteiger partial charge in [-0.25, -0.2) is 0 Å². The first kappa shape index (κ1) is 18.0. The maximum Gasteiger partial charge on any atom is 0.157 e. The zero-order chi connectivity index (χ0) is 18.7. The Bertz CT molecular complexity index is 918. The molecule has 4 heteroatoms. The molecule has 4 aromatic rings. The van der Waals surface area contributed by atoms with Crippen molar-refractivity contribution in [3.05, 3.63) is 108 Å². The molecule has 0 spiro atoms.